The highest BCUT2D eigenvalue weighted by Gasteiger charge is 2.56. The van der Waals surface area contributed by atoms with Crippen molar-refractivity contribution >= 4 is 11.2 Å². The second kappa shape index (κ2) is 13.2. The van der Waals surface area contributed by atoms with Gasteiger partial charge < -0.3 is 4.55 Å². The Morgan fingerprint density at radius 1 is 0.667 bits per heavy atom. The molecule has 0 aromatic heterocycles. The van der Waals surface area contributed by atoms with Crippen LogP contribution in [0.15, 0.2) is 0 Å². The first-order valence-electron chi connectivity index (χ1n) is 8.79. The Labute approximate surface area is 146 Å². The fourth-order valence-electron chi connectivity index (χ4n) is 2.38. The average Bonchev–Trinajstić information content (AvgIpc) is 2.48. The molecule has 0 N–H and O–H groups in total. The van der Waals surface area contributed by atoms with Gasteiger partial charge in [0.05, 0.1) is 0 Å². The molecule has 0 saturated heterocycles. The summed E-state index contributed by atoms with van der Waals surface area (Å²) >= 11 is -1.30. The molecule has 0 saturated carbocycles. The molecule has 0 rings (SSSR count). The van der Waals surface area contributed by atoms with Gasteiger partial charge >= 0.3 is 12.1 Å². The highest BCUT2D eigenvalue weighted by Crippen LogP contribution is 2.38. The topological polar surface area (TPSA) is 23.1 Å². The smallest absolute Gasteiger partial charge is 0.453 e. The van der Waals surface area contributed by atoms with Crippen molar-refractivity contribution in [3.63, 3.8) is 0 Å². The summed E-state index contributed by atoms with van der Waals surface area (Å²) in [4.78, 5) is 0. The van der Waals surface area contributed by atoms with E-state index in [2.05, 4.69) is 6.92 Å². The van der Waals surface area contributed by atoms with E-state index < -0.39 is 29.7 Å². The Kier molecular flexibility index (Phi) is 13.2. The molecule has 0 amide bonds. The van der Waals surface area contributed by atoms with Gasteiger partial charge in [0.1, 0.15) is 11.5 Å². The molecule has 0 bridgehead atoms. The van der Waals surface area contributed by atoms with Crippen LogP contribution in [0.3, 0.4) is 0 Å². The van der Waals surface area contributed by atoms with E-state index in [1.807, 2.05) is 0 Å². The highest BCUT2D eigenvalue weighted by molar-refractivity contribution is 7.91. The third kappa shape index (κ3) is 12.3. The molecule has 0 aliphatic rings. The molecular weight excluding hydrogens is 347 g/mol. The zero-order valence-corrected chi connectivity index (χ0v) is 15.1. The minimum absolute atomic E-state index is 0.0854. The minimum Gasteiger partial charge on any atom is -0.616 e. The molecule has 0 aromatic rings. The molecule has 0 aromatic carbocycles. The van der Waals surface area contributed by atoms with Gasteiger partial charge in [-0.15, -0.1) is 0 Å². The standard InChI is InChI=1S/C17H30F5OS/c1-2-3-4-5-6-7-8-9-10-11-14-24(23)15-12-13-16(18,19)17(20,21)22/h1-15H2. The van der Waals surface area contributed by atoms with Crippen LogP contribution in [-0.2, 0) is 11.2 Å². The van der Waals surface area contributed by atoms with E-state index in [1.54, 1.807) is 0 Å². The van der Waals surface area contributed by atoms with E-state index in [1.165, 1.54) is 32.1 Å². The number of rotatable bonds is 15. The van der Waals surface area contributed by atoms with Gasteiger partial charge in [0.2, 0.25) is 0 Å². The summed E-state index contributed by atoms with van der Waals surface area (Å²) in [5, 5.41) is 0. The van der Waals surface area contributed by atoms with Crippen LogP contribution in [0, 0.1) is 6.92 Å². The van der Waals surface area contributed by atoms with Crippen LogP contribution in [0.4, 0.5) is 22.0 Å². The first kappa shape index (κ1) is 24.0. The molecule has 0 spiro atoms. The summed E-state index contributed by atoms with van der Waals surface area (Å²) in [6, 6.07) is 0. The zero-order valence-electron chi connectivity index (χ0n) is 14.3. The first-order valence-corrected chi connectivity index (χ1v) is 10.3. The molecule has 145 valence electrons. The van der Waals surface area contributed by atoms with Gasteiger partial charge in [-0.05, 0) is 19.3 Å². The van der Waals surface area contributed by atoms with Crippen molar-refractivity contribution in [3.8, 4) is 0 Å². The van der Waals surface area contributed by atoms with E-state index in [4.69, 9.17) is 0 Å². The summed E-state index contributed by atoms with van der Waals surface area (Å²) in [5.41, 5.74) is 0. The van der Waals surface area contributed by atoms with Gasteiger partial charge in [-0.2, -0.15) is 22.0 Å². The lowest BCUT2D eigenvalue weighted by atomic mass is 10.1. The Morgan fingerprint density at radius 2 is 1.08 bits per heavy atom. The van der Waals surface area contributed by atoms with E-state index in [0.29, 0.717) is 5.75 Å². The summed E-state index contributed by atoms with van der Waals surface area (Å²) in [7, 11) is 0. The van der Waals surface area contributed by atoms with Crippen LogP contribution in [0.1, 0.15) is 77.0 Å². The van der Waals surface area contributed by atoms with Crippen LogP contribution >= 0.6 is 0 Å². The Balaban J connectivity index is 3.46. The molecule has 1 radical (unpaired) electrons. The van der Waals surface area contributed by atoms with Crippen LogP contribution < -0.4 is 0 Å². The summed E-state index contributed by atoms with van der Waals surface area (Å²) in [5.74, 6) is -4.37. The average molecular weight is 377 g/mol. The van der Waals surface area contributed by atoms with Crippen molar-refractivity contribution in [2.75, 3.05) is 11.5 Å². The molecule has 1 nitrogen and oxygen atoms in total. The van der Waals surface area contributed by atoms with E-state index in [-0.39, 0.29) is 12.2 Å². The van der Waals surface area contributed by atoms with Crippen LogP contribution in [0.25, 0.3) is 0 Å². The maximum absolute atomic E-state index is 12.7. The van der Waals surface area contributed by atoms with Crippen molar-refractivity contribution in [3.05, 3.63) is 6.92 Å². The molecule has 7 heteroatoms. The van der Waals surface area contributed by atoms with Gasteiger partial charge in [0.15, 0.2) is 0 Å². The monoisotopic (exact) mass is 377 g/mol. The van der Waals surface area contributed by atoms with Crippen molar-refractivity contribution in [2.45, 2.75) is 89.1 Å². The number of halogens is 5. The Hall–Kier alpha value is -0.0400. The lowest BCUT2D eigenvalue weighted by molar-refractivity contribution is -0.284. The second-order valence-corrected chi connectivity index (χ2v) is 7.89. The minimum atomic E-state index is -5.51. The molecular formula is C17H30F5OS. The lowest BCUT2D eigenvalue weighted by Gasteiger charge is -2.19. The van der Waals surface area contributed by atoms with Gasteiger partial charge in [-0.25, -0.2) is 0 Å². The van der Waals surface area contributed by atoms with Gasteiger partial charge in [-0.1, -0.05) is 69.5 Å². The molecule has 0 heterocycles. The SMILES string of the molecule is [CH2]CCCCCCCCCCC[S+]([O-])CCCC(F)(F)C(F)(F)F. The second-order valence-electron chi connectivity index (χ2n) is 6.19. The molecule has 1 unspecified atom stereocenters. The summed E-state index contributed by atoms with van der Waals surface area (Å²) in [6.07, 6.45) is 3.75. The summed E-state index contributed by atoms with van der Waals surface area (Å²) in [6.45, 7) is 3.80. The number of hydrogen-bond donors (Lipinski definition) is 0. The van der Waals surface area contributed by atoms with Crippen molar-refractivity contribution < 1.29 is 26.5 Å². The zero-order chi connectivity index (χ0) is 18.5. The van der Waals surface area contributed by atoms with Crippen molar-refractivity contribution in [1.29, 1.82) is 0 Å². The number of hydrogen-bond acceptors (Lipinski definition) is 1. The Bertz CT molecular complexity index is 297. The molecule has 24 heavy (non-hydrogen) atoms. The van der Waals surface area contributed by atoms with Gasteiger partial charge in [-0.3, -0.25) is 0 Å². The predicted octanol–water partition coefficient (Wildman–Crippen LogP) is 6.45. The quantitative estimate of drug-likeness (QED) is 0.183. The maximum atomic E-state index is 12.7. The van der Waals surface area contributed by atoms with Gasteiger partial charge in [0, 0.05) is 6.42 Å². The summed E-state index contributed by atoms with van der Waals surface area (Å²) < 4.78 is 72.8. The predicted molar refractivity (Wildman–Crippen MR) is 89.6 cm³/mol. The van der Waals surface area contributed by atoms with E-state index >= 15 is 0 Å². The normalized spacial score (nSPS) is 14.1. The van der Waals surface area contributed by atoms with E-state index in [9.17, 15) is 26.5 Å². The first-order chi connectivity index (χ1) is 11.2. The lowest BCUT2D eigenvalue weighted by Crippen LogP contribution is -2.36. The van der Waals surface area contributed by atoms with Crippen LogP contribution in [0.2, 0.25) is 0 Å². The fourth-order valence-corrected chi connectivity index (χ4v) is 3.57. The third-order valence-electron chi connectivity index (χ3n) is 3.90. The molecule has 0 aliphatic heterocycles. The highest BCUT2D eigenvalue weighted by atomic mass is 32.2. The largest absolute Gasteiger partial charge is 0.616 e. The Morgan fingerprint density at radius 3 is 1.54 bits per heavy atom. The third-order valence-corrected chi connectivity index (χ3v) is 5.39. The molecule has 0 fully saturated rings. The van der Waals surface area contributed by atoms with Crippen LogP contribution in [0.5, 0.6) is 0 Å². The molecule has 0 aliphatic carbocycles. The number of unbranched alkanes of at least 4 members (excludes halogenated alkanes) is 9. The number of alkyl halides is 5. The van der Waals surface area contributed by atoms with Gasteiger partial charge in [0.25, 0.3) is 0 Å². The van der Waals surface area contributed by atoms with Crippen molar-refractivity contribution in [1.82, 2.24) is 0 Å². The van der Waals surface area contributed by atoms with E-state index in [0.717, 1.165) is 32.1 Å². The van der Waals surface area contributed by atoms with Crippen LogP contribution in [-0.4, -0.2) is 28.2 Å². The maximum Gasteiger partial charge on any atom is 0.453 e. The fraction of sp³-hybridized carbons (Fsp3) is 0.941. The molecule has 1 atom stereocenters. The van der Waals surface area contributed by atoms with Crippen molar-refractivity contribution in [2.24, 2.45) is 0 Å².